The van der Waals surface area contributed by atoms with Gasteiger partial charge in [0.2, 0.25) is 0 Å². The number of anilines is 3. The number of hydrogen-bond acceptors (Lipinski definition) is 7. The van der Waals surface area contributed by atoms with Crippen molar-refractivity contribution in [2.45, 2.75) is 33.6 Å². The lowest BCUT2D eigenvalue weighted by Gasteiger charge is -2.29. The van der Waals surface area contributed by atoms with Crippen molar-refractivity contribution in [2.24, 2.45) is 5.10 Å². The van der Waals surface area contributed by atoms with E-state index < -0.39 is 0 Å². The standard InChI is InChI=1S/C37H44N7O2/c1-25-15-17-29(18-16-25)42(6)40-26(2)28-19-21-43(22-20-28)24-44(7,8)23-38-32-13-9-11-30-34(32)37(46)35-31(36(30)45)12-10-14-33(35)39-27(3)41(4)5/h9-22,27H,23-24H2,1-8H3,(H-,38,39,46)/q+1/p+1. The molecule has 1 aliphatic rings. The van der Waals surface area contributed by atoms with E-state index in [1.54, 1.807) is 12.1 Å². The first-order valence-electron chi connectivity index (χ1n) is 15.5. The molecule has 1 aromatic heterocycles. The van der Waals surface area contributed by atoms with Gasteiger partial charge in [0.15, 0.2) is 30.6 Å². The third kappa shape index (κ3) is 7.01. The third-order valence-corrected chi connectivity index (χ3v) is 8.47. The summed E-state index contributed by atoms with van der Waals surface area (Å²) in [4.78, 5) is 29.7. The second kappa shape index (κ2) is 13.2. The summed E-state index contributed by atoms with van der Waals surface area (Å²) in [6.45, 7) is 7.33. The van der Waals surface area contributed by atoms with Crippen LogP contribution in [0.15, 0.2) is 90.3 Å². The monoisotopic (exact) mass is 619 g/mol. The average molecular weight is 620 g/mol. The lowest BCUT2D eigenvalue weighted by atomic mass is 9.82. The number of rotatable bonds is 11. The van der Waals surface area contributed by atoms with Crippen LogP contribution >= 0.6 is 0 Å². The molecule has 1 heterocycles. The van der Waals surface area contributed by atoms with E-state index in [-0.39, 0.29) is 17.7 Å². The molecule has 0 saturated carbocycles. The number of nitrogens with zero attached hydrogens (tertiary/aromatic N) is 5. The van der Waals surface area contributed by atoms with Crippen molar-refractivity contribution in [3.8, 4) is 0 Å². The first kappa shape index (κ1) is 32.5. The van der Waals surface area contributed by atoms with Gasteiger partial charge in [0.1, 0.15) is 0 Å². The first-order valence-corrected chi connectivity index (χ1v) is 15.5. The minimum absolute atomic E-state index is 0.0231. The van der Waals surface area contributed by atoms with E-state index in [0.717, 1.165) is 17.0 Å². The van der Waals surface area contributed by atoms with Crippen molar-refractivity contribution in [3.05, 3.63) is 119 Å². The quantitative estimate of drug-likeness (QED) is 0.0683. The largest absolute Gasteiger partial charge is 0.369 e. The number of aromatic nitrogens is 1. The molecular formula is C37H45N7O2+2. The minimum atomic E-state index is -0.151. The number of carbonyl (C=O) groups excluding carboxylic acids is 2. The van der Waals surface area contributed by atoms with Gasteiger partial charge >= 0.3 is 0 Å². The summed E-state index contributed by atoms with van der Waals surface area (Å²) in [5, 5.41) is 13.6. The van der Waals surface area contributed by atoms with Crippen LogP contribution < -0.4 is 20.2 Å². The minimum Gasteiger partial charge on any atom is -0.369 e. The lowest BCUT2D eigenvalue weighted by molar-refractivity contribution is -1.03. The molecule has 0 bridgehead atoms. The molecule has 0 amide bonds. The maximum absolute atomic E-state index is 14.0. The lowest BCUT2D eigenvalue weighted by Crippen LogP contribution is -2.54. The summed E-state index contributed by atoms with van der Waals surface area (Å²) in [5.41, 5.74) is 7.27. The summed E-state index contributed by atoms with van der Waals surface area (Å²) in [5.74, 6) is -0.287. The molecule has 9 nitrogen and oxygen atoms in total. The molecule has 0 spiro atoms. The fraction of sp³-hybridized carbons (Fsp3) is 0.297. The van der Waals surface area contributed by atoms with Crippen molar-refractivity contribution in [3.63, 3.8) is 0 Å². The highest BCUT2D eigenvalue weighted by Gasteiger charge is 2.34. The summed E-state index contributed by atoms with van der Waals surface area (Å²) in [6, 6.07) is 23.3. The van der Waals surface area contributed by atoms with E-state index in [2.05, 4.69) is 85.0 Å². The molecule has 0 aliphatic heterocycles. The van der Waals surface area contributed by atoms with Gasteiger partial charge in [-0.2, -0.15) is 9.67 Å². The van der Waals surface area contributed by atoms with Crippen LogP contribution in [0.25, 0.3) is 0 Å². The maximum Gasteiger partial charge on any atom is 0.277 e. The number of ketones is 2. The Bertz CT molecular complexity index is 1780. The second-order valence-corrected chi connectivity index (χ2v) is 13.0. The van der Waals surface area contributed by atoms with Gasteiger partial charge < -0.3 is 10.6 Å². The van der Waals surface area contributed by atoms with E-state index in [4.69, 9.17) is 5.10 Å². The smallest absolute Gasteiger partial charge is 0.277 e. The number of aryl methyl sites for hydroxylation is 1. The average Bonchev–Trinajstić information content (AvgIpc) is 3.02. The molecule has 2 N–H and O–H groups in total. The molecule has 0 saturated heterocycles. The van der Waals surface area contributed by atoms with Gasteiger partial charge in [-0.3, -0.25) is 24.0 Å². The van der Waals surface area contributed by atoms with E-state index in [1.165, 1.54) is 5.56 Å². The van der Waals surface area contributed by atoms with Gasteiger partial charge in [-0.05, 0) is 59.1 Å². The number of hydrogen-bond donors (Lipinski definition) is 2. The van der Waals surface area contributed by atoms with Gasteiger partial charge in [0, 0.05) is 41.6 Å². The van der Waals surface area contributed by atoms with Crippen molar-refractivity contribution < 1.29 is 18.6 Å². The van der Waals surface area contributed by atoms with Crippen molar-refractivity contribution in [2.75, 3.05) is 57.5 Å². The number of benzene rings is 3. The molecule has 0 fully saturated rings. The molecule has 3 aromatic carbocycles. The zero-order valence-electron chi connectivity index (χ0n) is 28.1. The Hall–Kier alpha value is -4.86. The zero-order valence-corrected chi connectivity index (χ0v) is 28.1. The normalized spacial score (nSPS) is 13.7. The van der Waals surface area contributed by atoms with E-state index in [1.807, 2.05) is 69.2 Å². The summed E-state index contributed by atoms with van der Waals surface area (Å²) >= 11 is 0. The highest BCUT2D eigenvalue weighted by Crippen LogP contribution is 2.36. The van der Waals surface area contributed by atoms with E-state index >= 15 is 0 Å². The number of hydrazone groups is 1. The number of pyridine rings is 1. The molecule has 5 rings (SSSR count). The number of quaternary nitrogens is 1. The van der Waals surface area contributed by atoms with Crippen LogP contribution in [0.2, 0.25) is 0 Å². The van der Waals surface area contributed by atoms with Gasteiger partial charge in [-0.25, -0.2) is 0 Å². The summed E-state index contributed by atoms with van der Waals surface area (Å²) < 4.78 is 2.72. The molecule has 9 heteroatoms. The van der Waals surface area contributed by atoms with Crippen LogP contribution in [0.4, 0.5) is 17.1 Å². The number of fused-ring (bicyclic) bond motifs is 2. The van der Waals surface area contributed by atoms with Gasteiger partial charge in [-0.15, -0.1) is 0 Å². The fourth-order valence-electron chi connectivity index (χ4n) is 5.55. The molecule has 1 atom stereocenters. The Labute approximate surface area is 272 Å². The van der Waals surface area contributed by atoms with E-state index in [0.29, 0.717) is 51.4 Å². The Morgan fingerprint density at radius 3 is 2.04 bits per heavy atom. The van der Waals surface area contributed by atoms with Crippen LogP contribution in [-0.4, -0.2) is 74.7 Å². The predicted molar refractivity (Wildman–Crippen MR) is 186 cm³/mol. The van der Waals surface area contributed by atoms with Crippen LogP contribution in [0.5, 0.6) is 0 Å². The van der Waals surface area contributed by atoms with Crippen LogP contribution in [-0.2, 0) is 6.67 Å². The maximum atomic E-state index is 14.0. The zero-order chi connectivity index (χ0) is 33.2. The predicted octanol–water partition coefficient (Wildman–Crippen LogP) is 5.34. The first-order chi connectivity index (χ1) is 21.8. The Morgan fingerprint density at radius 2 is 1.43 bits per heavy atom. The Balaban J connectivity index is 1.29. The highest BCUT2D eigenvalue weighted by atomic mass is 16.1. The summed E-state index contributed by atoms with van der Waals surface area (Å²) in [6.07, 6.45) is 4.10. The molecule has 46 heavy (non-hydrogen) atoms. The number of nitrogens with one attached hydrogen (secondary N) is 2. The van der Waals surface area contributed by atoms with E-state index in [9.17, 15) is 9.59 Å². The van der Waals surface area contributed by atoms with Crippen LogP contribution in [0.1, 0.15) is 56.8 Å². The van der Waals surface area contributed by atoms with Gasteiger partial charge in [-0.1, -0.05) is 42.0 Å². The number of carbonyl (C=O) groups is 2. The van der Waals surface area contributed by atoms with Crippen molar-refractivity contribution >= 4 is 34.3 Å². The Morgan fingerprint density at radius 1 is 0.848 bits per heavy atom. The SMILES string of the molecule is C/C(=N\N(C)c1ccc(C)cc1)c1cc[n+](C[N+](C)(C)CNc2cccc3c2C(=O)c2c(NC(C)N(C)C)cccc2C3=O)cc1. The fourth-order valence-corrected chi connectivity index (χ4v) is 5.55. The molecule has 4 aromatic rings. The molecule has 1 aliphatic carbocycles. The van der Waals surface area contributed by atoms with Crippen molar-refractivity contribution in [1.29, 1.82) is 0 Å². The van der Waals surface area contributed by atoms with Crippen molar-refractivity contribution in [1.82, 2.24) is 4.90 Å². The molecule has 1 unspecified atom stereocenters. The molecule has 238 valence electrons. The van der Waals surface area contributed by atoms with Gasteiger partial charge in [0.05, 0.1) is 48.5 Å². The second-order valence-electron chi connectivity index (χ2n) is 13.0. The molecule has 0 radical (unpaired) electrons. The third-order valence-electron chi connectivity index (χ3n) is 8.47. The topological polar surface area (TPSA) is 80.9 Å². The summed E-state index contributed by atoms with van der Waals surface area (Å²) in [7, 11) is 10.1. The van der Waals surface area contributed by atoms with Crippen LogP contribution in [0.3, 0.4) is 0 Å². The highest BCUT2D eigenvalue weighted by molar-refractivity contribution is 6.31. The molecular weight excluding hydrogens is 574 g/mol. The Kier molecular flexibility index (Phi) is 9.37. The van der Waals surface area contributed by atoms with Gasteiger partial charge in [0.25, 0.3) is 6.67 Å². The van der Waals surface area contributed by atoms with Crippen LogP contribution in [0, 0.1) is 6.92 Å².